The smallest absolute Gasteiger partial charge is 0.334 e. The van der Waals surface area contributed by atoms with E-state index in [1.165, 1.54) is 20.6 Å². The van der Waals surface area contributed by atoms with Gasteiger partial charge in [0.05, 0.1) is 25.4 Å². The molecule has 5 aliphatic carbocycles. The number of esters is 2. The Morgan fingerprint density at radius 2 is 1.41 bits per heavy atom. The van der Waals surface area contributed by atoms with Crippen LogP contribution in [0.5, 0.6) is 0 Å². The summed E-state index contributed by atoms with van der Waals surface area (Å²) < 4.78 is 9.68. The summed E-state index contributed by atoms with van der Waals surface area (Å²) in [6.07, 6.45) is 1.19. The van der Waals surface area contributed by atoms with Crippen LogP contribution in [0, 0.1) is 35.5 Å². The minimum absolute atomic E-state index is 0.288. The van der Waals surface area contributed by atoms with Gasteiger partial charge < -0.3 is 9.47 Å². The number of carbonyl (C=O) groups is 2. The summed E-state index contributed by atoms with van der Waals surface area (Å²) in [6, 6.07) is 0. The monoisotopic (exact) mass is 234 g/mol. The van der Waals surface area contributed by atoms with Crippen molar-refractivity contribution in [3.63, 3.8) is 0 Å². The highest BCUT2D eigenvalue weighted by atomic mass is 16.5. The normalized spacial score (nSPS) is 47.4. The third-order valence-electron chi connectivity index (χ3n) is 5.36. The van der Waals surface area contributed by atoms with Crippen LogP contribution in [0.25, 0.3) is 0 Å². The van der Waals surface area contributed by atoms with Crippen molar-refractivity contribution in [2.24, 2.45) is 35.5 Å². The van der Waals surface area contributed by atoms with Gasteiger partial charge in [-0.25, -0.2) is 9.59 Å². The lowest BCUT2D eigenvalue weighted by Crippen LogP contribution is -2.21. The molecule has 0 spiro atoms. The fourth-order valence-electron chi connectivity index (χ4n) is 5.04. The molecule has 0 saturated heterocycles. The Morgan fingerprint density at radius 1 is 0.941 bits per heavy atom. The van der Waals surface area contributed by atoms with E-state index < -0.39 is 0 Å². The van der Waals surface area contributed by atoms with Crippen LogP contribution in [-0.4, -0.2) is 26.2 Å². The summed E-state index contributed by atoms with van der Waals surface area (Å²) in [5.41, 5.74) is 1.27. The summed E-state index contributed by atoms with van der Waals surface area (Å²) >= 11 is 0. The van der Waals surface area contributed by atoms with Gasteiger partial charge in [-0.15, -0.1) is 0 Å². The zero-order valence-electron chi connectivity index (χ0n) is 9.80. The Labute approximate surface area is 99.0 Å². The summed E-state index contributed by atoms with van der Waals surface area (Å²) in [7, 11) is 2.76. The fourth-order valence-corrected chi connectivity index (χ4v) is 5.04. The lowest BCUT2D eigenvalue weighted by atomic mass is 9.92. The van der Waals surface area contributed by atoms with Crippen molar-refractivity contribution in [2.75, 3.05) is 14.2 Å². The van der Waals surface area contributed by atoms with Crippen LogP contribution in [0.15, 0.2) is 11.1 Å². The lowest BCUT2D eigenvalue weighted by molar-refractivity contribution is -0.140. The van der Waals surface area contributed by atoms with E-state index in [9.17, 15) is 9.59 Å². The van der Waals surface area contributed by atoms with E-state index in [2.05, 4.69) is 0 Å². The Bertz CT molecular complexity index is 438. The van der Waals surface area contributed by atoms with Crippen LogP contribution in [-0.2, 0) is 19.1 Å². The standard InChI is InChI=1S/C13H14O4/c1-16-12(14)10-8-5-3-4-6(8)7(4)9(5)11(10)13(15)17-2/h4-9H,3H2,1-2H3. The molecule has 0 heterocycles. The van der Waals surface area contributed by atoms with E-state index in [0.717, 1.165) is 5.92 Å². The van der Waals surface area contributed by atoms with E-state index in [1.807, 2.05) is 0 Å². The Balaban J connectivity index is 1.83. The van der Waals surface area contributed by atoms with Gasteiger partial charge in [0.15, 0.2) is 0 Å². The molecule has 4 heteroatoms. The molecule has 6 bridgehead atoms. The van der Waals surface area contributed by atoms with Gasteiger partial charge in [0.25, 0.3) is 0 Å². The third-order valence-corrected chi connectivity index (χ3v) is 5.36. The van der Waals surface area contributed by atoms with E-state index in [4.69, 9.17) is 9.47 Å². The molecule has 90 valence electrons. The lowest BCUT2D eigenvalue weighted by Gasteiger charge is -2.15. The molecule has 0 N–H and O–H groups in total. The van der Waals surface area contributed by atoms with Crippen molar-refractivity contribution in [1.82, 2.24) is 0 Å². The van der Waals surface area contributed by atoms with Crippen molar-refractivity contribution in [2.45, 2.75) is 6.42 Å². The fraction of sp³-hybridized carbons (Fsp3) is 0.692. The number of carbonyl (C=O) groups excluding carboxylic acids is 2. The van der Waals surface area contributed by atoms with Gasteiger partial charge >= 0.3 is 11.9 Å². The van der Waals surface area contributed by atoms with E-state index in [1.54, 1.807) is 0 Å². The van der Waals surface area contributed by atoms with Crippen molar-refractivity contribution in [1.29, 1.82) is 0 Å². The molecule has 4 atom stereocenters. The number of ether oxygens (including phenoxy) is 2. The molecule has 17 heavy (non-hydrogen) atoms. The maximum Gasteiger partial charge on any atom is 0.334 e. The number of hydrogen-bond acceptors (Lipinski definition) is 4. The molecule has 0 aromatic heterocycles. The molecule has 5 aliphatic rings. The molecule has 4 saturated carbocycles. The highest BCUT2D eigenvalue weighted by Crippen LogP contribution is 2.81. The summed E-state index contributed by atoms with van der Waals surface area (Å²) in [5.74, 6) is 2.52. The second-order valence-electron chi connectivity index (χ2n) is 5.58. The molecule has 4 nitrogen and oxygen atoms in total. The Hall–Kier alpha value is -1.32. The first-order valence-corrected chi connectivity index (χ1v) is 6.11. The Kier molecular flexibility index (Phi) is 1.56. The highest BCUT2D eigenvalue weighted by molar-refractivity contribution is 6.03. The molecule has 4 fully saturated rings. The summed E-state index contributed by atoms with van der Waals surface area (Å²) in [6.45, 7) is 0. The molecule has 5 rings (SSSR count). The van der Waals surface area contributed by atoms with Crippen molar-refractivity contribution in [3.8, 4) is 0 Å². The maximum atomic E-state index is 11.9. The van der Waals surface area contributed by atoms with Gasteiger partial charge in [-0.1, -0.05) is 0 Å². The van der Waals surface area contributed by atoms with Gasteiger partial charge in [-0.05, 0) is 41.9 Å². The molecular formula is C13H14O4. The molecular weight excluding hydrogens is 220 g/mol. The third kappa shape index (κ3) is 0.850. The molecule has 0 aromatic carbocycles. The SMILES string of the molecule is COC(=O)C1=C(C(=O)OC)C2C3CC4C(C13)C42. The largest absolute Gasteiger partial charge is 0.466 e. The average Bonchev–Trinajstić information content (AvgIpc) is 2.75. The first-order valence-electron chi connectivity index (χ1n) is 6.11. The van der Waals surface area contributed by atoms with Crippen molar-refractivity contribution >= 4 is 11.9 Å². The van der Waals surface area contributed by atoms with E-state index in [0.29, 0.717) is 28.9 Å². The van der Waals surface area contributed by atoms with Crippen LogP contribution in [0.3, 0.4) is 0 Å². The number of hydrogen-bond donors (Lipinski definition) is 0. The summed E-state index contributed by atoms with van der Waals surface area (Å²) in [4.78, 5) is 23.8. The highest BCUT2D eigenvalue weighted by Gasteiger charge is 2.79. The number of methoxy groups -OCH3 is 2. The topological polar surface area (TPSA) is 52.6 Å². The molecule has 0 amide bonds. The predicted molar refractivity (Wildman–Crippen MR) is 56.6 cm³/mol. The van der Waals surface area contributed by atoms with Gasteiger partial charge in [0, 0.05) is 0 Å². The second-order valence-corrected chi connectivity index (χ2v) is 5.58. The number of rotatable bonds is 2. The molecule has 0 radical (unpaired) electrons. The van der Waals surface area contributed by atoms with E-state index in [-0.39, 0.29) is 23.8 Å². The average molecular weight is 234 g/mol. The first-order chi connectivity index (χ1) is 8.20. The van der Waals surface area contributed by atoms with Crippen LogP contribution in [0.1, 0.15) is 6.42 Å². The summed E-state index contributed by atoms with van der Waals surface area (Å²) in [5, 5.41) is 0. The zero-order valence-corrected chi connectivity index (χ0v) is 9.80. The van der Waals surface area contributed by atoms with Crippen molar-refractivity contribution < 1.29 is 19.1 Å². The Morgan fingerprint density at radius 3 is 1.76 bits per heavy atom. The molecule has 4 unspecified atom stereocenters. The van der Waals surface area contributed by atoms with Gasteiger partial charge in [0.1, 0.15) is 0 Å². The first kappa shape index (κ1) is 9.68. The van der Waals surface area contributed by atoms with E-state index >= 15 is 0 Å². The minimum atomic E-state index is -0.325. The van der Waals surface area contributed by atoms with Crippen molar-refractivity contribution in [3.05, 3.63) is 11.1 Å². The molecule has 0 aliphatic heterocycles. The van der Waals surface area contributed by atoms with Crippen LogP contribution >= 0.6 is 0 Å². The quantitative estimate of drug-likeness (QED) is 0.662. The maximum absolute atomic E-state index is 11.9. The second kappa shape index (κ2) is 2.74. The predicted octanol–water partition coefficient (Wildman–Crippen LogP) is 0.771. The molecule has 0 aromatic rings. The minimum Gasteiger partial charge on any atom is -0.466 e. The van der Waals surface area contributed by atoms with Crippen LogP contribution < -0.4 is 0 Å². The van der Waals surface area contributed by atoms with Crippen LogP contribution in [0.2, 0.25) is 0 Å². The van der Waals surface area contributed by atoms with Gasteiger partial charge in [-0.3, -0.25) is 0 Å². The van der Waals surface area contributed by atoms with Gasteiger partial charge in [0.2, 0.25) is 0 Å². The van der Waals surface area contributed by atoms with Crippen LogP contribution in [0.4, 0.5) is 0 Å². The zero-order chi connectivity index (χ0) is 11.9. The van der Waals surface area contributed by atoms with Gasteiger partial charge in [-0.2, -0.15) is 0 Å².